The van der Waals surface area contributed by atoms with E-state index in [9.17, 15) is 4.79 Å². The fourth-order valence-electron chi connectivity index (χ4n) is 2.72. The maximum atomic E-state index is 11.5. The number of aromatic amines is 1. The lowest BCUT2D eigenvalue weighted by molar-refractivity contribution is 0.884. The van der Waals surface area contributed by atoms with E-state index in [2.05, 4.69) is 25.5 Å². The summed E-state index contributed by atoms with van der Waals surface area (Å²) in [6.07, 6.45) is 6.97. The maximum Gasteiger partial charge on any atom is 0.252 e. The topological polar surface area (TPSA) is 101 Å². The van der Waals surface area contributed by atoms with Gasteiger partial charge in [0.05, 0.1) is 11.9 Å². The number of pyridine rings is 1. The molecule has 0 radical (unpaired) electrons. The van der Waals surface area contributed by atoms with Crippen LogP contribution in [0.4, 0.5) is 5.95 Å². The molecule has 3 heterocycles. The predicted octanol–water partition coefficient (Wildman–Crippen LogP) is 2.77. The number of benzene rings is 1. The molecule has 0 spiro atoms. The van der Waals surface area contributed by atoms with Gasteiger partial charge in [0, 0.05) is 41.5 Å². The zero-order valence-electron chi connectivity index (χ0n) is 15.1. The van der Waals surface area contributed by atoms with Crippen molar-refractivity contribution in [1.82, 2.24) is 24.7 Å². The summed E-state index contributed by atoms with van der Waals surface area (Å²) in [6.45, 7) is 1.75. The van der Waals surface area contributed by atoms with Gasteiger partial charge in [0.1, 0.15) is 5.69 Å². The molecule has 138 valence electrons. The van der Waals surface area contributed by atoms with Crippen molar-refractivity contribution in [1.29, 1.82) is 0 Å². The molecule has 0 bridgehead atoms. The van der Waals surface area contributed by atoms with Crippen molar-refractivity contribution in [2.45, 2.75) is 6.92 Å². The lowest BCUT2D eigenvalue weighted by Crippen LogP contribution is -2.10. The van der Waals surface area contributed by atoms with E-state index in [1.54, 1.807) is 30.2 Å². The van der Waals surface area contributed by atoms with Gasteiger partial charge in [-0.25, -0.2) is 15.1 Å². The summed E-state index contributed by atoms with van der Waals surface area (Å²) < 4.78 is 1.80. The molecule has 2 N–H and O–H groups in total. The molecule has 0 saturated heterocycles. The molecule has 8 nitrogen and oxygen atoms in total. The Morgan fingerprint density at radius 2 is 1.93 bits per heavy atom. The van der Waals surface area contributed by atoms with Gasteiger partial charge in [0.15, 0.2) is 0 Å². The number of nitrogens with one attached hydrogen (secondary N) is 2. The second-order valence-corrected chi connectivity index (χ2v) is 6.05. The van der Waals surface area contributed by atoms with Gasteiger partial charge in [-0.15, -0.1) is 0 Å². The van der Waals surface area contributed by atoms with E-state index in [0.717, 1.165) is 22.5 Å². The van der Waals surface area contributed by atoms with E-state index in [0.29, 0.717) is 5.69 Å². The Balaban J connectivity index is 1.68. The third-order valence-corrected chi connectivity index (χ3v) is 3.96. The summed E-state index contributed by atoms with van der Waals surface area (Å²) in [5.41, 5.74) is 6.56. The lowest BCUT2D eigenvalue weighted by Gasteiger charge is -2.00. The zero-order chi connectivity index (χ0) is 19.3. The summed E-state index contributed by atoms with van der Waals surface area (Å²) in [5.74, 6) is 0.280. The fraction of sp³-hybridized carbons (Fsp3) is 0.0500. The van der Waals surface area contributed by atoms with Crippen LogP contribution in [0.25, 0.3) is 16.9 Å². The van der Waals surface area contributed by atoms with Crippen LogP contribution in [0.2, 0.25) is 0 Å². The average molecular weight is 371 g/mol. The minimum Gasteiger partial charge on any atom is -0.291 e. The van der Waals surface area contributed by atoms with Crippen molar-refractivity contribution in [2.24, 2.45) is 5.10 Å². The van der Waals surface area contributed by atoms with Gasteiger partial charge in [-0.2, -0.15) is 10.2 Å². The second-order valence-electron chi connectivity index (χ2n) is 6.05. The number of hydrazone groups is 1. The summed E-state index contributed by atoms with van der Waals surface area (Å²) in [4.78, 5) is 22.4. The van der Waals surface area contributed by atoms with Crippen LogP contribution in [0, 0.1) is 6.92 Å². The molecule has 0 aliphatic heterocycles. The highest BCUT2D eigenvalue weighted by Crippen LogP contribution is 2.22. The Labute approximate surface area is 160 Å². The Hall–Kier alpha value is -4.07. The molecular formula is C20H17N7O. The normalized spacial score (nSPS) is 11.0. The Morgan fingerprint density at radius 3 is 2.68 bits per heavy atom. The number of rotatable bonds is 5. The zero-order valence-corrected chi connectivity index (χ0v) is 15.1. The molecule has 0 unspecified atom stereocenters. The predicted molar refractivity (Wildman–Crippen MR) is 108 cm³/mol. The van der Waals surface area contributed by atoms with Gasteiger partial charge in [0.25, 0.3) is 5.56 Å². The van der Waals surface area contributed by atoms with Gasteiger partial charge in [0.2, 0.25) is 5.95 Å². The van der Waals surface area contributed by atoms with Crippen LogP contribution in [0.1, 0.15) is 11.3 Å². The van der Waals surface area contributed by atoms with Crippen LogP contribution >= 0.6 is 0 Å². The molecule has 0 atom stereocenters. The van der Waals surface area contributed by atoms with E-state index in [1.807, 2.05) is 48.7 Å². The Kier molecular flexibility index (Phi) is 4.75. The van der Waals surface area contributed by atoms with E-state index in [-0.39, 0.29) is 11.5 Å². The smallest absolute Gasteiger partial charge is 0.252 e. The molecule has 28 heavy (non-hydrogen) atoms. The van der Waals surface area contributed by atoms with Crippen LogP contribution in [-0.2, 0) is 0 Å². The largest absolute Gasteiger partial charge is 0.291 e. The Morgan fingerprint density at radius 1 is 1.14 bits per heavy atom. The quantitative estimate of drug-likeness (QED) is 0.415. The number of para-hydroxylation sites is 1. The van der Waals surface area contributed by atoms with Crippen LogP contribution in [0.5, 0.6) is 0 Å². The van der Waals surface area contributed by atoms with Crippen molar-refractivity contribution < 1.29 is 0 Å². The summed E-state index contributed by atoms with van der Waals surface area (Å²) in [7, 11) is 0. The third-order valence-electron chi connectivity index (χ3n) is 3.96. The van der Waals surface area contributed by atoms with Crippen molar-refractivity contribution in [3.8, 4) is 16.9 Å². The number of nitrogens with zero attached hydrogens (tertiary/aromatic N) is 5. The second kappa shape index (κ2) is 7.67. The monoisotopic (exact) mass is 371 g/mol. The summed E-state index contributed by atoms with van der Waals surface area (Å²) in [6, 6.07) is 15.0. The van der Waals surface area contributed by atoms with Crippen LogP contribution in [0.3, 0.4) is 0 Å². The molecule has 0 saturated carbocycles. The molecule has 0 aliphatic carbocycles. The number of aryl methyl sites for hydroxylation is 1. The van der Waals surface area contributed by atoms with Crippen LogP contribution in [0.15, 0.2) is 77.0 Å². The van der Waals surface area contributed by atoms with Gasteiger partial charge in [-0.1, -0.05) is 18.2 Å². The van der Waals surface area contributed by atoms with Crippen molar-refractivity contribution in [2.75, 3.05) is 5.43 Å². The first-order valence-electron chi connectivity index (χ1n) is 8.61. The van der Waals surface area contributed by atoms with Crippen molar-refractivity contribution in [3.05, 3.63) is 88.7 Å². The highest BCUT2D eigenvalue weighted by atomic mass is 16.1. The standard InChI is InChI=1S/C20H17N7O/c1-14-11-18(28)24-20(23-14)25-22-12-16-13-27(17-5-3-2-4-6-17)26-19(16)15-7-9-21-10-8-15/h2-13H,1H3,(H2,23,24,25,28)/b22-12-. The number of hydrogen-bond donors (Lipinski definition) is 2. The molecular weight excluding hydrogens is 354 g/mol. The number of aromatic nitrogens is 5. The molecule has 0 amide bonds. The summed E-state index contributed by atoms with van der Waals surface area (Å²) >= 11 is 0. The molecule has 8 heteroatoms. The first kappa shape index (κ1) is 17.3. The minimum atomic E-state index is -0.237. The van der Waals surface area contributed by atoms with Gasteiger partial charge >= 0.3 is 0 Å². The number of anilines is 1. The number of hydrogen-bond acceptors (Lipinski definition) is 6. The van der Waals surface area contributed by atoms with E-state index in [1.165, 1.54) is 6.07 Å². The van der Waals surface area contributed by atoms with Crippen molar-refractivity contribution >= 4 is 12.2 Å². The molecule has 0 fully saturated rings. The molecule has 1 aromatic carbocycles. The highest BCUT2D eigenvalue weighted by Gasteiger charge is 2.11. The number of H-pyrrole nitrogens is 1. The maximum absolute atomic E-state index is 11.5. The average Bonchev–Trinajstić information content (AvgIpc) is 3.13. The van der Waals surface area contributed by atoms with Gasteiger partial charge in [-0.3, -0.25) is 14.8 Å². The molecule has 4 aromatic rings. The first-order valence-corrected chi connectivity index (χ1v) is 8.61. The fourth-order valence-corrected chi connectivity index (χ4v) is 2.72. The molecule has 0 aliphatic rings. The lowest BCUT2D eigenvalue weighted by atomic mass is 10.1. The summed E-state index contributed by atoms with van der Waals surface area (Å²) in [5, 5.41) is 8.91. The molecule has 3 aromatic heterocycles. The van der Waals surface area contributed by atoms with E-state index in [4.69, 9.17) is 5.10 Å². The highest BCUT2D eigenvalue weighted by molar-refractivity contribution is 5.89. The Bertz CT molecular complexity index is 1160. The van der Waals surface area contributed by atoms with Crippen LogP contribution < -0.4 is 11.0 Å². The van der Waals surface area contributed by atoms with E-state index < -0.39 is 0 Å². The van der Waals surface area contributed by atoms with Crippen molar-refractivity contribution in [3.63, 3.8) is 0 Å². The van der Waals surface area contributed by atoms with Gasteiger partial charge < -0.3 is 0 Å². The first-order chi connectivity index (χ1) is 13.7. The van der Waals surface area contributed by atoms with E-state index >= 15 is 0 Å². The van der Waals surface area contributed by atoms with Crippen LogP contribution in [-0.4, -0.2) is 30.9 Å². The minimum absolute atomic E-state index is 0.237. The molecule has 4 rings (SSSR count). The third kappa shape index (κ3) is 3.85. The SMILES string of the molecule is Cc1cc(=O)[nH]c(N/N=C\c2cn(-c3ccccc3)nc2-c2ccncc2)n1. The van der Waals surface area contributed by atoms with Gasteiger partial charge in [-0.05, 0) is 31.2 Å².